The fourth-order valence-electron chi connectivity index (χ4n) is 0.835. The zero-order chi connectivity index (χ0) is 11.1. The molecule has 0 saturated carbocycles. The van der Waals surface area contributed by atoms with E-state index >= 15 is 0 Å². The Kier molecular flexibility index (Phi) is 8.52. The van der Waals surface area contributed by atoms with Gasteiger partial charge < -0.3 is 18.0 Å². The third-order valence-electron chi connectivity index (χ3n) is 1.41. The van der Waals surface area contributed by atoms with Crippen LogP contribution in [0, 0.1) is 5.82 Å². The van der Waals surface area contributed by atoms with Crippen LogP contribution in [-0.2, 0) is 0 Å². The van der Waals surface area contributed by atoms with Crippen molar-refractivity contribution in [3.8, 4) is 0 Å². The lowest BCUT2D eigenvalue weighted by molar-refractivity contribution is 0.194. The van der Waals surface area contributed by atoms with E-state index < -0.39 is 6.10 Å². The lowest BCUT2D eigenvalue weighted by Gasteiger charge is -2.05. The number of halogens is 3. The molecule has 1 nitrogen and oxygen atoms in total. The Morgan fingerprint density at radius 3 is 2.36 bits per heavy atom. The summed E-state index contributed by atoms with van der Waals surface area (Å²) in [5.41, 5.74) is 0.319. The van der Waals surface area contributed by atoms with Crippen LogP contribution >= 0.6 is 28.8 Å². The van der Waals surface area contributed by atoms with Crippen LogP contribution in [0.5, 0.6) is 0 Å². The van der Waals surface area contributed by atoms with Gasteiger partial charge in [0.1, 0.15) is 5.82 Å². The molecule has 0 aliphatic rings. The molecule has 0 aromatic heterocycles. The average molecular weight is 338 g/mol. The molecule has 0 saturated heterocycles. The van der Waals surface area contributed by atoms with Crippen molar-refractivity contribution in [3.63, 3.8) is 0 Å². The van der Waals surface area contributed by atoms with Crippen LogP contribution in [0.2, 0.25) is 5.05 Å². The van der Waals surface area contributed by atoms with Crippen molar-refractivity contribution in [1.82, 2.24) is 0 Å². The molecule has 0 amide bonds. The molecule has 0 spiro atoms. The summed E-state index contributed by atoms with van der Waals surface area (Å²) in [5, 5.41) is 11.2. The highest BCUT2D eigenvalue weighted by Crippen LogP contribution is 2.20. The maximum absolute atomic E-state index is 12.8. The first-order chi connectivity index (χ1) is 6.52. The SMILES string of the molecule is CC(O)c1cc(Br)ccc1F.[CH3][Mg][Br]. The van der Waals surface area contributed by atoms with Crippen molar-refractivity contribution < 1.29 is 9.50 Å². The van der Waals surface area contributed by atoms with E-state index in [1.165, 1.54) is 13.0 Å². The summed E-state index contributed by atoms with van der Waals surface area (Å²) in [4.78, 5) is 0. The molecule has 1 aromatic rings. The Morgan fingerprint density at radius 2 is 2.00 bits per heavy atom. The number of hydrogen-bond acceptors (Lipinski definition) is 1. The first-order valence-electron chi connectivity index (χ1n) is 4.21. The summed E-state index contributed by atoms with van der Waals surface area (Å²) in [6.07, 6.45) is -0.757. The second kappa shape index (κ2) is 8.04. The van der Waals surface area contributed by atoms with Crippen molar-refractivity contribution in [2.24, 2.45) is 0 Å². The Hall–Kier alpha value is 0.836. The quantitative estimate of drug-likeness (QED) is 0.775. The molecule has 0 aliphatic carbocycles. The number of aliphatic hydroxyl groups excluding tert-OH is 1. The highest BCUT2D eigenvalue weighted by Gasteiger charge is 2.07. The molecule has 1 unspecified atom stereocenters. The molecule has 0 aliphatic heterocycles. The van der Waals surface area contributed by atoms with Crippen molar-refractivity contribution in [2.45, 2.75) is 18.1 Å². The number of aliphatic hydroxyl groups is 1. The number of hydrogen-bond donors (Lipinski definition) is 1. The van der Waals surface area contributed by atoms with Crippen LogP contribution in [0.15, 0.2) is 22.7 Å². The number of rotatable bonds is 1. The summed E-state index contributed by atoms with van der Waals surface area (Å²) in [6.45, 7) is 1.53. The topological polar surface area (TPSA) is 20.2 Å². The second-order valence-electron chi connectivity index (χ2n) is 2.61. The number of benzene rings is 1. The fraction of sp³-hybridized carbons (Fsp3) is 0.333. The predicted octanol–water partition coefficient (Wildman–Crippen LogP) is 3.69. The van der Waals surface area contributed by atoms with Crippen molar-refractivity contribution in [3.05, 3.63) is 34.1 Å². The van der Waals surface area contributed by atoms with Crippen LogP contribution in [0.25, 0.3) is 0 Å². The van der Waals surface area contributed by atoms with Gasteiger partial charge in [0.2, 0.25) is 0 Å². The summed E-state index contributed by atoms with van der Waals surface area (Å²) in [6, 6.07) is 4.49. The Labute approximate surface area is 108 Å². The van der Waals surface area contributed by atoms with Gasteiger partial charge in [-0.3, -0.25) is 0 Å². The second-order valence-corrected chi connectivity index (χ2v) is 7.42. The molecule has 1 N–H and O–H groups in total. The molecular formula is C9H11Br2FMgO. The molecule has 5 heteroatoms. The van der Waals surface area contributed by atoms with Gasteiger partial charge in [-0.05, 0) is 25.1 Å². The third kappa shape index (κ3) is 5.65. The molecule has 76 valence electrons. The Bertz CT molecular complexity index is 282. The van der Waals surface area contributed by atoms with Crippen molar-refractivity contribution >= 4 is 47.0 Å². The molecule has 1 aromatic carbocycles. The smallest absolute Gasteiger partial charge is 0.389 e. The van der Waals surface area contributed by atoms with Crippen LogP contribution in [0.1, 0.15) is 18.6 Å². The summed E-state index contributed by atoms with van der Waals surface area (Å²) < 4.78 is 13.6. The zero-order valence-electron chi connectivity index (χ0n) is 8.10. The van der Waals surface area contributed by atoms with Crippen LogP contribution in [0.4, 0.5) is 4.39 Å². The molecule has 0 fully saturated rings. The van der Waals surface area contributed by atoms with Gasteiger partial charge in [-0.2, -0.15) is 0 Å². The van der Waals surface area contributed by atoms with E-state index in [0.717, 1.165) is 4.47 Å². The molecule has 1 atom stereocenters. The minimum absolute atomic E-state index is 0.229. The van der Waals surface area contributed by atoms with E-state index in [0.29, 0.717) is 5.56 Å². The maximum Gasteiger partial charge on any atom is 0.465 e. The van der Waals surface area contributed by atoms with Crippen molar-refractivity contribution in [2.75, 3.05) is 0 Å². The van der Waals surface area contributed by atoms with E-state index in [1.807, 2.05) is 0 Å². The summed E-state index contributed by atoms with van der Waals surface area (Å²) in [5.74, 6) is -0.372. The third-order valence-corrected chi connectivity index (χ3v) is 1.90. The van der Waals surface area contributed by atoms with E-state index in [2.05, 4.69) is 33.9 Å². The molecule has 1 rings (SSSR count). The van der Waals surface area contributed by atoms with Gasteiger partial charge in [-0.1, -0.05) is 15.9 Å². The highest BCUT2D eigenvalue weighted by atomic mass is 79.9. The van der Waals surface area contributed by atoms with Gasteiger partial charge in [0.05, 0.1) is 6.10 Å². The normalized spacial score (nSPS) is 11.0. The van der Waals surface area contributed by atoms with Gasteiger partial charge in [-0.15, -0.1) is 5.05 Å². The molecular weight excluding hydrogens is 327 g/mol. The van der Waals surface area contributed by atoms with Gasteiger partial charge >= 0.3 is 18.2 Å². The van der Waals surface area contributed by atoms with Crippen LogP contribution in [-0.4, -0.2) is 23.3 Å². The maximum atomic E-state index is 12.8. The minimum Gasteiger partial charge on any atom is -0.389 e. The monoisotopic (exact) mass is 336 g/mol. The molecule has 0 radical (unpaired) electrons. The summed E-state index contributed by atoms with van der Waals surface area (Å²) >= 11 is 6.70. The first kappa shape index (κ1) is 14.8. The van der Waals surface area contributed by atoms with Gasteiger partial charge in [0, 0.05) is 10.0 Å². The van der Waals surface area contributed by atoms with Gasteiger partial charge in [0.15, 0.2) is 0 Å². The average Bonchev–Trinajstić information content (AvgIpc) is 2.10. The zero-order valence-corrected chi connectivity index (χ0v) is 12.7. The lowest BCUT2D eigenvalue weighted by Crippen LogP contribution is -1.94. The van der Waals surface area contributed by atoms with Gasteiger partial charge in [0.25, 0.3) is 0 Å². The Balaban J connectivity index is 0.000000500. The van der Waals surface area contributed by atoms with E-state index in [9.17, 15) is 4.39 Å². The van der Waals surface area contributed by atoms with Crippen LogP contribution in [0.3, 0.4) is 0 Å². The van der Waals surface area contributed by atoms with E-state index in [4.69, 9.17) is 5.11 Å². The Morgan fingerprint density at radius 1 is 1.50 bits per heavy atom. The molecule has 14 heavy (non-hydrogen) atoms. The lowest BCUT2D eigenvalue weighted by atomic mass is 10.1. The highest BCUT2D eigenvalue weighted by molar-refractivity contribution is 9.23. The van der Waals surface area contributed by atoms with E-state index in [-0.39, 0.29) is 24.0 Å². The minimum atomic E-state index is -0.757. The van der Waals surface area contributed by atoms with E-state index in [1.54, 1.807) is 12.1 Å². The van der Waals surface area contributed by atoms with Crippen LogP contribution < -0.4 is 0 Å². The van der Waals surface area contributed by atoms with Crippen molar-refractivity contribution in [1.29, 1.82) is 0 Å². The largest absolute Gasteiger partial charge is 0.465 e. The van der Waals surface area contributed by atoms with Gasteiger partial charge in [-0.25, -0.2) is 4.39 Å². The fourth-order valence-corrected chi connectivity index (χ4v) is 1.21. The standard InChI is InChI=1S/C8H8BrFO.CH3.BrH.Mg/c1-5(11)7-4-6(9)2-3-8(7)10;;;/h2-5,11H,1H3;1H3;1H;/q;;;+1/p-1. The first-order valence-corrected chi connectivity index (χ1v) is 10.3. The predicted molar refractivity (Wildman–Crippen MR) is 65.3 cm³/mol. The molecule has 0 heterocycles. The molecule has 0 bridgehead atoms. The summed E-state index contributed by atoms with van der Waals surface area (Å²) in [7, 11) is 0.